The van der Waals surface area contributed by atoms with Crippen molar-refractivity contribution >= 4 is 24.0 Å². The predicted octanol–water partition coefficient (Wildman–Crippen LogP) is 2.74. The fourth-order valence-electron chi connectivity index (χ4n) is 3.13. The van der Waals surface area contributed by atoms with Crippen LogP contribution in [0.4, 0.5) is 0 Å². The average molecular weight is 361 g/mol. The van der Waals surface area contributed by atoms with Crippen molar-refractivity contribution in [2.24, 2.45) is 0 Å². The van der Waals surface area contributed by atoms with Crippen molar-refractivity contribution in [3.8, 4) is 11.1 Å². The molecule has 0 saturated carbocycles. The van der Waals surface area contributed by atoms with E-state index >= 15 is 0 Å². The Balaban J connectivity index is 1.94. The molecule has 0 aliphatic carbocycles. The van der Waals surface area contributed by atoms with Crippen molar-refractivity contribution in [1.82, 2.24) is 15.0 Å². The molecular weight excluding hydrogens is 342 g/mol. The molecule has 2 aromatic heterocycles. The van der Waals surface area contributed by atoms with Gasteiger partial charge < -0.3 is 9.97 Å². The summed E-state index contributed by atoms with van der Waals surface area (Å²) in [6.07, 6.45) is 7.67. The van der Waals surface area contributed by atoms with E-state index in [0.717, 1.165) is 39.4 Å². The third kappa shape index (κ3) is 3.02. The number of hydrogen-bond acceptors (Lipinski definition) is 3. The van der Waals surface area contributed by atoms with Crippen LogP contribution in [0.25, 0.3) is 23.8 Å². The molecule has 2 aromatic rings. The summed E-state index contributed by atoms with van der Waals surface area (Å²) in [5.41, 5.74) is 2.60. The molecular formula is C21H19N3OS. The summed E-state index contributed by atoms with van der Waals surface area (Å²) in [4.78, 5) is 25.1. The zero-order valence-corrected chi connectivity index (χ0v) is 15.3. The first kappa shape index (κ1) is 16.5. The molecule has 0 radical (unpaired) electrons. The molecule has 0 amide bonds. The van der Waals surface area contributed by atoms with Gasteiger partial charge in [0.25, 0.3) is 5.56 Å². The molecule has 0 aromatic carbocycles. The number of nitrogens with zero attached hydrogens (tertiary/aromatic N) is 1. The number of nitrogens with one attached hydrogen (secondary N) is 2. The van der Waals surface area contributed by atoms with Gasteiger partial charge in [0.05, 0.1) is 5.22 Å². The molecule has 0 fully saturated rings. The third-order valence-electron chi connectivity index (χ3n) is 4.39. The number of hydrogen-bond donors (Lipinski definition) is 2. The van der Waals surface area contributed by atoms with Gasteiger partial charge in [0.15, 0.2) is 0 Å². The van der Waals surface area contributed by atoms with E-state index in [1.54, 1.807) is 23.7 Å². The van der Waals surface area contributed by atoms with Gasteiger partial charge in [0, 0.05) is 38.3 Å². The summed E-state index contributed by atoms with van der Waals surface area (Å²) in [5, 5.41) is 2.31. The third-order valence-corrected chi connectivity index (χ3v) is 5.48. The van der Waals surface area contributed by atoms with Gasteiger partial charge in [0.1, 0.15) is 5.48 Å². The van der Waals surface area contributed by atoms with E-state index < -0.39 is 0 Å². The summed E-state index contributed by atoms with van der Waals surface area (Å²) < 4.78 is 0. The lowest BCUT2D eigenvalue weighted by Crippen LogP contribution is -2.22. The topological polar surface area (TPSA) is 61.5 Å². The van der Waals surface area contributed by atoms with E-state index in [-0.39, 0.29) is 5.56 Å². The molecule has 4 heterocycles. The lowest BCUT2D eigenvalue weighted by atomic mass is 10.1. The standard InChI is InChI=1S/C21H19N3OS/c1-3-4-15-5-6-16(26-15)11-19-18-12-17(14-7-9-22-10-8-14)13(2)23-20(18)24-21(19)25/h5-12,23H,2-4H2,1H3,(H,24,25). The lowest BCUT2D eigenvalue weighted by molar-refractivity contribution is 0.940. The molecule has 2 aliphatic rings. The summed E-state index contributed by atoms with van der Waals surface area (Å²) in [6.45, 7) is 6.26. The number of thiophene rings is 1. The molecule has 130 valence electrons. The fraction of sp³-hybridized carbons (Fsp3) is 0.143. The van der Waals surface area contributed by atoms with E-state index in [0.29, 0.717) is 10.7 Å². The minimum Gasteiger partial charge on any atom is -0.341 e. The van der Waals surface area contributed by atoms with Crippen molar-refractivity contribution in [3.05, 3.63) is 84.1 Å². The van der Waals surface area contributed by atoms with E-state index in [4.69, 9.17) is 0 Å². The van der Waals surface area contributed by atoms with E-state index in [2.05, 4.69) is 40.6 Å². The van der Waals surface area contributed by atoms with Gasteiger partial charge in [0.2, 0.25) is 0 Å². The monoisotopic (exact) mass is 361 g/mol. The minimum atomic E-state index is -0.0898. The van der Waals surface area contributed by atoms with Gasteiger partial charge in [-0.1, -0.05) is 19.9 Å². The zero-order chi connectivity index (χ0) is 18.1. The highest BCUT2D eigenvalue weighted by Crippen LogP contribution is 2.18. The maximum Gasteiger partial charge on any atom is 0.257 e. The predicted molar refractivity (Wildman–Crippen MR) is 107 cm³/mol. The summed E-state index contributed by atoms with van der Waals surface area (Å²) >= 11 is 1.74. The molecule has 0 saturated heterocycles. The Morgan fingerprint density at radius 1 is 1.19 bits per heavy atom. The Labute approximate surface area is 154 Å². The van der Waals surface area contributed by atoms with Crippen molar-refractivity contribution in [2.45, 2.75) is 19.8 Å². The van der Waals surface area contributed by atoms with Crippen molar-refractivity contribution in [1.29, 1.82) is 0 Å². The molecule has 0 bridgehead atoms. The van der Waals surface area contributed by atoms with E-state index in [1.807, 2.05) is 24.3 Å². The van der Waals surface area contributed by atoms with Gasteiger partial charge >= 0.3 is 0 Å². The van der Waals surface area contributed by atoms with Crippen LogP contribution < -0.4 is 16.1 Å². The highest BCUT2D eigenvalue weighted by atomic mass is 32.1. The zero-order valence-electron chi connectivity index (χ0n) is 14.5. The number of aryl methyl sites for hydroxylation is 1. The van der Waals surface area contributed by atoms with Crippen LogP contribution in [0.2, 0.25) is 0 Å². The minimum absolute atomic E-state index is 0.0898. The first-order chi connectivity index (χ1) is 12.7. The maximum atomic E-state index is 12.5. The van der Waals surface area contributed by atoms with Crippen LogP contribution in [-0.2, 0) is 6.42 Å². The number of aromatic nitrogens is 3. The van der Waals surface area contributed by atoms with Gasteiger partial charge in [-0.25, -0.2) is 0 Å². The van der Waals surface area contributed by atoms with Crippen LogP contribution in [0, 0.1) is 10.7 Å². The molecule has 26 heavy (non-hydrogen) atoms. The Hall–Kier alpha value is -2.92. The first-order valence-electron chi connectivity index (χ1n) is 8.60. The van der Waals surface area contributed by atoms with Crippen LogP contribution in [0.3, 0.4) is 0 Å². The second kappa shape index (κ2) is 6.77. The van der Waals surface area contributed by atoms with Crippen LogP contribution in [0.15, 0.2) is 47.5 Å². The summed E-state index contributed by atoms with van der Waals surface area (Å²) in [5.74, 6) is 0. The molecule has 0 atom stereocenters. The largest absolute Gasteiger partial charge is 0.341 e. The van der Waals surface area contributed by atoms with Gasteiger partial charge in [-0.2, -0.15) is 0 Å². The fourth-order valence-corrected chi connectivity index (χ4v) is 4.19. The summed E-state index contributed by atoms with van der Waals surface area (Å²) in [7, 11) is 0. The van der Waals surface area contributed by atoms with Crippen LogP contribution in [-0.4, -0.2) is 15.0 Å². The number of H-pyrrole nitrogens is 2. The molecule has 5 heteroatoms. The molecule has 4 nitrogen and oxygen atoms in total. The highest BCUT2D eigenvalue weighted by molar-refractivity contribution is 7.12. The Morgan fingerprint density at radius 3 is 2.77 bits per heavy atom. The summed E-state index contributed by atoms with van der Waals surface area (Å²) in [6, 6.07) is 10.1. The first-order valence-corrected chi connectivity index (χ1v) is 9.42. The maximum absolute atomic E-state index is 12.5. The molecule has 2 N–H and O–H groups in total. The number of aromatic amines is 2. The van der Waals surface area contributed by atoms with Crippen molar-refractivity contribution in [2.75, 3.05) is 0 Å². The quantitative estimate of drug-likeness (QED) is 0.587. The normalized spacial score (nSPS) is 12.1. The smallest absolute Gasteiger partial charge is 0.257 e. The number of pyridine rings is 1. The SMILES string of the molecule is C=c1[nH]c2[nH]c(=O)c(=Cc3ccc(CCC)s3)c=2cc1-c1ccncc1. The second-order valence-corrected chi connectivity index (χ2v) is 7.45. The Kier molecular flexibility index (Phi) is 4.31. The van der Waals surface area contributed by atoms with Crippen molar-refractivity contribution < 1.29 is 0 Å². The van der Waals surface area contributed by atoms with Gasteiger partial charge in [-0.15, -0.1) is 11.3 Å². The number of rotatable bonds is 4. The van der Waals surface area contributed by atoms with Crippen LogP contribution in [0.5, 0.6) is 0 Å². The van der Waals surface area contributed by atoms with Gasteiger partial charge in [-0.05, 0) is 48.4 Å². The highest BCUT2D eigenvalue weighted by Gasteiger charge is 2.06. The average Bonchev–Trinajstić information content (AvgIpc) is 3.20. The van der Waals surface area contributed by atoms with E-state index in [1.165, 1.54) is 4.88 Å². The lowest BCUT2D eigenvalue weighted by Gasteiger charge is -2.01. The Bertz CT molecular complexity index is 1280. The van der Waals surface area contributed by atoms with Crippen LogP contribution in [0.1, 0.15) is 23.1 Å². The van der Waals surface area contributed by atoms with Crippen molar-refractivity contribution in [3.63, 3.8) is 0 Å². The van der Waals surface area contributed by atoms with E-state index in [9.17, 15) is 4.79 Å². The Morgan fingerprint density at radius 2 is 2.00 bits per heavy atom. The van der Waals surface area contributed by atoms with Gasteiger partial charge in [-0.3, -0.25) is 9.78 Å². The molecule has 4 rings (SSSR count). The second-order valence-electron chi connectivity index (χ2n) is 6.25. The molecule has 2 aliphatic heterocycles. The molecule has 0 spiro atoms. The molecule has 0 unspecified atom stereocenters. The van der Waals surface area contributed by atoms with Crippen LogP contribution >= 0.6 is 11.3 Å².